The number of fused-ring (bicyclic) bond motifs is 2. The van der Waals surface area contributed by atoms with E-state index in [1.165, 1.54) is 19.7 Å². The number of nitrogens with one attached hydrogen (secondary N) is 2. The number of halogens is 1. The molecule has 1 saturated heterocycles. The van der Waals surface area contributed by atoms with E-state index in [1.54, 1.807) is 13.4 Å². The molecular formula is C26H36IN6O3S-. The minimum absolute atomic E-state index is 0.0612. The predicted octanol–water partition coefficient (Wildman–Crippen LogP) is -0.0635. The van der Waals surface area contributed by atoms with E-state index in [2.05, 4.69) is 33.5 Å². The quantitative estimate of drug-likeness (QED) is 0.183. The van der Waals surface area contributed by atoms with Crippen molar-refractivity contribution in [3.8, 4) is 10.4 Å². The van der Waals surface area contributed by atoms with Crippen molar-refractivity contribution in [1.82, 2.24) is 24.8 Å². The molecule has 1 fully saturated rings. The van der Waals surface area contributed by atoms with Crippen LogP contribution < -0.4 is 31.8 Å². The number of thiophene rings is 1. The summed E-state index contributed by atoms with van der Waals surface area (Å²) in [7, 11) is 3.55. The van der Waals surface area contributed by atoms with Crippen molar-refractivity contribution in [2.45, 2.75) is 39.0 Å². The van der Waals surface area contributed by atoms with Crippen molar-refractivity contribution in [3.05, 3.63) is 34.1 Å². The Hall–Kier alpha value is -1.80. The third-order valence-electron chi connectivity index (χ3n) is 7.14. The molecule has 1 aliphatic heterocycles. The molecule has 0 saturated carbocycles. The van der Waals surface area contributed by atoms with Gasteiger partial charge in [-0.05, 0) is 0 Å². The second-order valence-electron chi connectivity index (χ2n) is 9.82. The van der Waals surface area contributed by atoms with Gasteiger partial charge in [-0.3, -0.25) is 0 Å². The first-order chi connectivity index (χ1) is 18.0. The Kier molecular flexibility index (Phi) is 8.64. The first-order valence-corrected chi connectivity index (χ1v) is 17.2. The number of anilines is 1. The van der Waals surface area contributed by atoms with Gasteiger partial charge in [0.05, 0.1) is 0 Å². The van der Waals surface area contributed by atoms with Crippen LogP contribution in [0, 0.1) is 5.92 Å². The molecule has 9 nitrogen and oxygen atoms in total. The van der Waals surface area contributed by atoms with Crippen molar-refractivity contribution in [2.75, 3.05) is 55.1 Å². The Morgan fingerprint density at radius 2 is 2.22 bits per heavy atom. The Morgan fingerprint density at radius 3 is 2.97 bits per heavy atom. The number of hydrogen-bond acceptors (Lipinski definition) is 8. The topological polar surface area (TPSA) is 93.0 Å². The molecule has 37 heavy (non-hydrogen) atoms. The molecule has 4 heterocycles. The van der Waals surface area contributed by atoms with Crippen molar-refractivity contribution in [3.63, 3.8) is 0 Å². The number of nitrogens with zero attached hydrogens (tertiary/aromatic N) is 4. The van der Waals surface area contributed by atoms with Gasteiger partial charge in [0.2, 0.25) is 0 Å². The number of carbonyl (C=O) groups excluding carboxylic acids is 1. The van der Waals surface area contributed by atoms with Gasteiger partial charge >= 0.3 is 233 Å². The number of amides is 1. The van der Waals surface area contributed by atoms with E-state index in [-0.39, 0.29) is 33.2 Å². The summed E-state index contributed by atoms with van der Waals surface area (Å²) >= 11 is 2.01. The Labute approximate surface area is 232 Å². The first kappa shape index (κ1) is 26.8. The van der Waals surface area contributed by atoms with Crippen LogP contribution in [-0.2, 0) is 33.8 Å². The van der Waals surface area contributed by atoms with Gasteiger partial charge in [-0.1, -0.05) is 0 Å². The van der Waals surface area contributed by atoms with Gasteiger partial charge in [0.15, 0.2) is 0 Å². The number of methoxy groups -OCH3 is 2. The van der Waals surface area contributed by atoms with Gasteiger partial charge < -0.3 is 0 Å². The fraction of sp³-hybridized carbons (Fsp3) is 0.577. The van der Waals surface area contributed by atoms with Gasteiger partial charge in [-0.2, -0.15) is 0 Å². The van der Waals surface area contributed by atoms with Gasteiger partial charge in [-0.15, -0.1) is 0 Å². The van der Waals surface area contributed by atoms with E-state index in [0.717, 1.165) is 54.1 Å². The Morgan fingerprint density at radius 1 is 1.35 bits per heavy atom. The molecule has 2 aliphatic rings. The summed E-state index contributed by atoms with van der Waals surface area (Å²) in [4.78, 5) is 23.8. The first-order valence-electron chi connectivity index (χ1n) is 12.7. The predicted molar refractivity (Wildman–Crippen MR) is 142 cm³/mol. The van der Waals surface area contributed by atoms with Crippen LogP contribution in [0.4, 0.5) is 5.82 Å². The van der Waals surface area contributed by atoms with Crippen LogP contribution in [0.5, 0.6) is 0 Å². The van der Waals surface area contributed by atoms with E-state index in [1.807, 2.05) is 23.0 Å². The van der Waals surface area contributed by atoms with E-state index in [9.17, 15) is 4.79 Å². The van der Waals surface area contributed by atoms with Gasteiger partial charge in [0.1, 0.15) is 0 Å². The molecular weight excluding hydrogens is 603 g/mol. The van der Waals surface area contributed by atoms with E-state index in [4.69, 9.17) is 19.6 Å². The number of piperazine rings is 1. The second kappa shape index (κ2) is 11.9. The molecule has 2 atom stereocenters. The Balaban J connectivity index is 1.68. The molecule has 202 valence electrons. The fourth-order valence-corrected chi connectivity index (χ4v) is 7.65. The van der Waals surface area contributed by atoms with Gasteiger partial charge in [0, 0.05) is 0 Å². The van der Waals surface area contributed by atoms with E-state index in [0.29, 0.717) is 32.2 Å². The van der Waals surface area contributed by atoms with Crippen LogP contribution in [-0.4, -0.2) is 75.2 Å². The zero-order chi connectivity index (χ0) is 25.9. The van der Waals surface area contributed by atoms with E-state index >= 15 is 0 Å². The molecule has 2 unspecified atom stereocenters. The molecule has 0 spiro atoms. The summed E-state index contributed by atoms with van der Waals surface area (Å²) < 4.78 is 14.9. The molecule has 0 radical (unpaired) electrons. The summed E-state index contributed by atoms with van der Waals surface area (Å²) in [6.07, 6.45) is 3.87. The molecule has 3 aromatic heterocycles. The maximum atomic E-state index is 12.1. The molecule has 1 amide bonds. The number of ether oxygens (including phenoxy) is 2. The molecule has 0 aromatic carbocycles. The third-order valence-corrected chi connectivity index (χ3v) is 10.0. The van der Waals surface area contributed by atoms with Crippen LogP contribution >= 0.6 is 11.3 Å². The second-order valence-corrected chi connectivity index (χ2v) is 13.5. The minimum atomic E-state index is 0.0612. The van der Waals surface area contributed by atoms with Crippen LogP contribution in [0.2, 0.25) is 0 Å². The summed E-state index contributed by atoms with van der Waals surface area (Å²) in [5.74, 6) is 1.50. The van der Waals surface area contributed by atoms with Crippen molar-refractivity contribution >= 4 is 28.6 Å². The maximum absolute atomic E-state index is 12.1. The zero-order valence-electron chi connectivity index (χ0n) is 22.0. The van der Waals surface area contributed by atoms with Crippen molar-refractivity contribution in [2.24, 2.45) is 5.92 Å². The van der Waals surface area contributed by atoms with Gasteiger partial charge in [0.25, 0.3) is 0 Å². The normalized spacial score (nSPS) is 20.4. The van der Waals surface area contributed by atoms with E-state index < -0.39 is 0 Å². The standard InChI is InChI=1S/C26H36IN6O3S/c1-16-9-17-11-21(37-25(17)20(10-16)36-4)23-18(14-35-3)19(12-32-8-7-28-22(34)13-32)33-24(23)26(30-15-31-33)29-6-5-27-2/h11,15-16,20H,5-10,12-14H2,1-4H3,(H,28,34)(H,29,30,31)/q-1. The molecule has 0 bridgehead atoms. The molecule has 11 heteroatoms. The molecule has 1 aliphatic carbocycles. The van der Waals surface area contributed by atoms with Crippen molar-refractivity contribution < 1.29 is 35.5 Å². The number of hydrogen-bond donors (Lipinski definition) is 2. The zero-order valence-corrected chi connectivity index (χ0v) is 24.9. The number of carbonyl (C=O) groups is 1. The van der Waals surface area contributed by atoms with Crippen molar-refractivity contribution in [1.29, 1.82) is 0 Å². The molecule has 2 N–H and O–H groups in total. The number of rotatable bonds is 10. The average molecular weight is 640 g/mol. The van der Waals surface area contributed by atoms with Crippen LogP contribution in [0.25, 0.3) is 16.0 Å². The molecule has 5 rings (SSSR count). The van der Waals surface area contributed by atoms with Crippen LogP contribution in [0.3, 0.4) is 0 Å². The third kappa shape index (κ3) is 5.51. The van der Waals surface area contributed by atoms with Crippen LogP contribution in [0.15, 0.2) is 12.4 Å². The fourth-order valence-electron chi connectivity index (χ4n) is 5.49. The number of alkyl halides is 2. The average Bonchev–Trinajstić information content (AvgIpc) is 3.43. The number of aromatic nitrogens is 3. The summed E-state index contributed by atoms with van der Waals surface area (Å²) in [6, 6.07) is 2.35. The monoisotopic (exact) mass is 639 g/mol. The summed E-state index contributed by atoms with van der Waals surface area (Å²) in [5, 5.41) is 11.3. The summed E-state index contributed by atoms with van der Waals surface area (Å²) in [5.41, 5.74) is 5.67. The SMILES string of the molecule is COCc1c(-c2cc3c(s2)C(OC)CC(C)C3)c2c(NCC[I-]C)ncnn2c1CN1CCNC(=O)C1. The van der Waals surface area contributed by atoms with Crippen LogP contribution in [0.1, 0.15) is 41.1 Å². The molecule has 3 aromatic rings. The van der Waals surface area contributed by atoms with Gasteiger partial charge in [-0.25, -0.2) is 0 Å². The summed E-state index contributed by atoms with van der Waals surface area (Å²) in [6.45, 7) is 6.12. The Bertz CT molecular complexity index is 1260.